The van der Waals surface area contributed by atoms with E-state index in [1.165, 1.54) is 24.3 Å². The molecule has 2 aliphatic rings. The molecule has 6 N–H and O–H groups in total. The summed E-state index contributed by atoms with van der Waals surface area (Å²) in [6.45, 7) is 0.805. The maximum Gasteiger partial charge on any atom is 0.416 e. The summed E-state index contributed by atoms with van der Waals surface area (Å²) < 4.78 is 106. The van der Waals surface area contributed by atoms with Crippen molar-refractivity contribution in [3.8, 4) is 0 Å². The molecule has 0 aromatic heterocycles. The Morgan fingerprint density at radius 2 is 1.30 bits per heavy atom. The van der Waals surface area contributed by atoms with Crippen LogP contribution in [0.15, 0.2) is 47.4 Å². The molecular weight excluding hydrogens is 791 g/mol. The van der Waals surface area contributed by atoms with Gasteiger partial charge < -0.3 is 26.6 Å². The molecule has 2 aromatic carbocycles. The van der Waals surface area contributed by atoms with Crippen LogP contribution in [0, 0.1) is 0 Å². The van der Waals surface area contributed by atoms with E-state index in [0.29, 0.717) is 56.2 Å². The molecule has 56 heavy (non-hydrogen) atoms. The van der Waals surface area contributed by atoms with Crippen molar-refractivity contribution in [3.05, 3.63) is 64.7 Å². The number of sulfonamides is 1. The largest absolute Gasteiger partial charge is 0.416 e. The normalized spacial score (nSPS) is 18.2. The molecule has 310 valence electrons. The number of benzene rings is 2. The Morgan fingerprint density at radius 3 is 1.93 bits per heavy atom. The van der Waals surface area contributed by atoms with E-state index in [9.17, 15) is 53.9 Å². The number of carbonyl (C=O) groups is 4. The van der Waals surface area contributed by atoms with Gasteiger partial charge in [0.05, 0.1) is 28.1 Å². The summed E-state index contributed by atoms with van der Waals surface area (Å²) in [6.07, 6.45) is -4.00. The summed E-state index contributed by atoms with van der Waals surface area (Å²) >= 11 is 1.85. The molecule has 0 spiro atoms. The maximum absolute atomic E-state index is 13.1. The first-order valence-corrected chi connectivity index (χ1v) is 20.9. The third-order valence-corrected chi connectivity index (χ3v) is 12.2. The highest BCUT2D eigenvalue weighted by molar-refractivity contribution is 8.00. The summed E-state index contributed by atoms with van der Waals surface area (Å²) in [5.41, 5.74) is -3.84. The van der Waals surface area contributed by atoms with Crippen LogP contribution < -0.4 is 31.3 Å². The smallest absolute Gasteiger partial charge is 0.356 e. The average molecular weight is 837 g/mol. The molecule has 4 rings (SSSR count). The molecule has 2 heterocycles. The predicted octanol–water partition coefficient (Wildman–Crippen LogP) is 5.34. The van der Waals surface area contributed by atoms with Gasteiger partial charge in [0.2, 0.25) is 15.9 Å². The third-order valence-electron chi connectivity index (χ3n) is 9.23. The molecule has 0 aliphatic carbocycles. The van der Waals surface area contributed by atoms with Crippen molar-refractivity contribution < 1.29 is 53.9 Å². The van der Waals surface area contributed by atoms with Gasteiger partial charge in [0, 0.05) is 54.7 Å². The second-order valence-electron chi connectivity index (χ2n) is 13.6. The number of rotatable bonds is 21. The zero-order valence-corrected chi connectivity index (χ0v) is 32.0. The Morgan fingerprint density at radius 1 is 0.714 bits per heavy atom. The van der Waals surface area contributed by atoms with Gasteiger partial charge in [-0.05, 0) is 81.3 Å². The van der Waals surface area contributed by atoms with E-state index >= 15 is 0 Å². The Bertz CT molecular complexity index is 1760. The minimum Gasteiger partial charge on any atom is -0.356 e. The molecule has 2 saturated heterocycles. The van der Waals surface area contributed by atoms with E-state index in [1.54, 1.807) is 0 Å². The van der Waals surface area contributed by atoms with Gasteiger partial charge in [-0.3, -0.25) is 14.4 Å². The second-order valence-corrected chi connectivity index (χ2v) is 16.6. The summed E-state index contributed by atoms with van der Waals surface area (Å²) in [6, 6.07) is 6.36. The van der Waals surface area contributed by atoms with Gasteiger partial charge in [-0.25, -0.2) is 17.9 Å². The first kappa shape index (κ1) is 44.7. The Balaban J connectivity index is 1.05. The van der Waals surface area contributed by atoms with Gasteiger partial charge in [0.25, 0.3) is 11.8 Å². The van der Waals surface area contributed by atoms with E-state index in [0.717, 1.165) is 37.9 Å². The van der Waals surface area contributed by atoms with Crippen molar-refractivity contribution in [3.63, 3.8) is 0 Å². The fourth-order valence-electron chi connectivity index (χ4n) is 6.23. The molecular formula is C36H46F6N6O6S2. The number of thioether (sulfide) groups is 1. The molecule has 20 heteroatoms. The van der Waals surface area contributed by atoms with Crippen molar-refractivity contribution in [1.29, 1.82) is 0 Å². The molecule has 0 bridgehead atoms. The minimum absolute atomic E-state index is 0.00379. The van der Waals surface area contributed by atoms with E-state index in [-0.39, 0.29) is 60.1 Å². The topological polar surface area (TPSA) is 175 Å². The Hall–Kier alpha value is -4.04. The molecule has 2 unspecified atom stereocenters. The molecule has 3 atom stereocenters. The van der Waals surface area contributed by atoms with Crippen LogP contribution in [0.25, 0.3) is 0 Å². The quantitative estimate of drug-likeness (QED) is 0.0559. The predicted molar refractivity (Wildman–Crippen MR) is 197 cm³/mol. The van der Waals surface area contributed by atoms with Gasteiger partial charge in [0.15, 0.2) is 0 Å². The molecule has 2 aliphatic heterocycles. The van der Waals surface area contributed by atoms with Crippen LogP contribution in [0.5, 0.6) is 0 Å². The van der Waals surface area contributed by atoms with Gasteiger partial charge in [-0.1, -0.05) is 18.9 Å². The molecule has 0 radical (unpaired) electrons. The zero-order valence-electron chi connectivity index (χ0n) is 30.4. The van der Waals surface area contributed by atoms with Crippen LogP contribution in [0.4, 0.5) is 31.1 Å². The monoisotopic (exact) mass is 836 g/mol. The van der Waals surface area contributed by atoms with Crippen LogP contribution in [-0.2, 0) is 27.2 Å². The number of alkyl halides is 6. The van der Waals surface area contributed by atoms with Gasteiger partial charge in [-0.2, -0.15) is 38.1 Å². The Kier molecular flexibility index (Phi) is 16.3. The van der Waals surface area contributed by atoms with Crippen LogP contribution in [0.2, 0.25) is 0 Å². The number of nitrogens with one attached hydrogen (secondary N) is 6. The third kappa shape index (κ3) is 13.9. The average Bonchev–Trinajstić information content (AvgIpc) is 3.70. The van der Waals surface area contributed by atoms with E-state index < -0.39 is 50.9 Å². The van der Waals surface area contributed by atoms with Crippen molar-refractivity contribution in [2.24, 2.45) is 0 Å². The van der Waals surface area contributed by atoms with E-state index in [1.807, 2.05) is 11.8 Å². The zero-order chi connectivity index (χ0) is 40.9. The van der Waals surface area contributed by atoms with Crippen molar-refractivity contribution in [1.82, 2.24) is 31.3 Å². The van der Waals surface area contributed by atoms with Gasteiger partial charge in [0.1, 0.15) is 0 Å². The summed E-state index contributed by atoms with van der Waals surface area (Å²) in [5, 5.41) is 14.2. The number of halogens is 6. The van der Waals surface area contributed by atoms with Gasteiger partial charge >= 0.3 is 18.4 Å². The van der Waals surface area contributed by atoms with E-state index in [4.69, 9.17) is 0 Å². The highest BCUT2D eigenvalue weighted by Gasteiger charge is 2.42. The second kappa shape index (κ2) is 20.4. The summed E-state index contributed by atoms with van der Waals surface area (Å²) in [5.74, 6) is -0.658. The number of unbranched alkanes of at least 4 members (excludes halogenated alkanes) is 5. The number of fused-ring (bicyclic) bond motifs is 1. The lowest BCUT2D eigenvalue weighted by Gasteiger charge is -2.16. The summed E-state index contributed by atoms with van der Waals surface area (Å²) in [7, 11) is -3.99. The molecule has 12 nitrogen and oxygen atoms in total. The number of amides is 5. The first-order chi connectivity index (χ1) is 26.4. The molecule has 2 aromatic rings. The lowest BCUT2D eigenvalue weighted by molar-refractivity contribution is -0.143. The molecule has 2 fully saturated rings. The fraction of sp³-hybridized carbons (Fsp3) is 0.556. The highest BCUT2D eigenvalue weighted by Crippen LogP contribution is 2.36. The van der Waals surface area contributed by atoms with Crippen molar-refractivity contribution in [2.45, 2.75) is 98.8 Å². The Labute approximate surface area is 325 Å². The van der Waals surface area contributed by atoms with Crippen molar-refractivity contribution in [2.75, 3.05) is 31.9 Å². The van der Waals surface area contributed by atoms with Crippen LogP contribution in [-0.4, -0.2) is 81.4 Å². The first-order valence-electron chi connectivity index (χ1n) is 18.3. The van der Waals surface area contributed by atoms with E-state index in [2.05, 4.69) is 31.3 Å². The SMILES string of the molecule is O=C(CCCC[C@H]1SCC2NC(=O)NC21)NCCCCCNC(=O)c1cccc(S(=O)(=O)NCCCCCNC(=O)c2cc(C(F)(F)F)cc(C(F)(F)F)c2)c1. The fourth-order valence-corrected chi connectivity index (χ4v) is 8.90. The number of hydrogen-bond donors (Lipinski definition) is 6. The lowest BCUT2D eigenvalue weighted by atomic mass is 10.0. The highest BCUT2D eigenvalue weighted by atomic mass is 32.2. The number of hydrogen-bond acceptors (Lipinski definition) is 7. The number of urea groups is 1. The minimum atomic E-state index is -5.08. The molecule has 5 amide bonds. The number of carbonyl (C=O) groups excluding carboxylic acids is 4. The van der Waals surface area contributed by atoms with Crippen LogP contribution in [0.1, 0.15) is 96.1 Å². The lowest BCUT2D eigenvalue weighted by Crippen LogP contribution is -2.36. The van der Waals surface area contributed by atoms with Crippen molar-refractivity contribution >= 4 is 45.5 Å². The standard InChI is InChI=1S/C36H46F6N6O6S2/c37-35(38,39)25-18-24(19-26(21-25)36(40,41)42)33(51)45-16-7-2-8-17-46-56(53,54)27-11-9-10-23(20-27)32(50)44-15-6-1-5-14-43-30(49)13-4-3-12-29-31-28(22-55-29)47-34(52)48-31/h9-11,18-21,28-29,31,46H,1-8,12-17,22H2,(H,43,49)(H,44,50)(H,45,51)(H2,47,48,52)/t28?,29-,31?/m1/s1. The van der Waals surface area contributed by atoms with Gasteiger partial charge in [-0.15, -0.1) is 0 Å². The molecule has 0 saturated carbocycles. The maximum atomic E-state index is 13.1. The van der Waals surface area contributed by atoms with Crippen LogP contribution >= 0.6 is 11.8 Å². The van der Waals surface area contributed by atoms with Crippen LogP contribution in [0.3, 0.4) is 0 Å². The summed E-state index contributed by atoms with van der Waals surface area (Å²) in [4.78, 5) is 48.5.